The van der Waals surface area contributed by atoms with E-state index in [1.165, 1.54) is 22.3 Å². The zero-order valence-electron chi connectivity index (χ0n) is 19.0. The van der Waals surface area contributed by atoms with Crippen molar-refractivity contribution in [1.82, 2.24) is 9.62 Å². The van der Waals surface area contributed by atoms with Gasteiger partial charge in [-0.1, -0.05) is 50.2 Å². The summed E-state index contributed by atoms with van der Waals surface area (Å²) in [5, 5.41) is 2.93. The van der Waals surface area contributed by atoms with Crippen LogP contribution in [0.4, 0.5) is 10.5 Å². The highest BCUT2D eigenvalue weighted by Crippen LogP contribution is 2.38. The summed E-state index contributed by atoms with van der Waals surface area (Å²) < 4.78 is 28.3. The number of nitrogens with one attached hydrogen (secondary N) is 2. The summed E-state index contributed by atoms with van der Waals surface area (Å²) in [4.78, 5) is 14.9. The molecule has 4 rings (SSSR count). The van der Waals surface area contributed by atoms with Gasteiger partial charge in [0, 0.05) is 5.69 Å². The van der Waals surface area contributed by atoms with Crippen molar-refractivity contribution in [1.29, 1.82) is 0 Å². The standard InChI is InChI=1S/C25H33N3O3S/c1-3-28(4-2)23(18-10-6-5-7-11-18)17-32(30,31)27-25(29)26-24-21-14-8-12-19(21)16-20-13-9-15-22(20)24/h5-7,10-11,16,23H,3-4,8-9,12-15,17H2,1-2H3,(H2,26,27,29). The molecule has 32 heavy (non-hydrogen) atoms. The molecule has 6 nitrogen and oxygen atoms in total. The minimum absolute atomic E-state index is 0.170. The molecular formula is C25H33N3O3S. The van der Waals surface area contributed by atoms with E-state index in [0.29, 0.717) is 0 Å². The molecule has 2 aromatic carbocycles. The summed E-state index contributed by atoms with van der Waals surface area (Å²) >= 11 is 0. The second kappa shape index (κ2) is 9.63. The van der Waals surface area contributed by atoms with E-state index in [4.69, 9.17) is 0 Å². The third kappa shape index (κ3) is 4.84. The van der Waals surface area contributed by atoms with E-state index in [1.54, 1.807) is 0 Å². The summed E-state index contributed by atoms with van der Waals surface area (Å²) in [6.45, 7) is 5.48. The van der Waals surface area contributed by atoms with Gasteiger partial charge in [0.05, 0.1) is 11.8 Å². The van der Waals surface area contributed by atoms with Crippen LogP contribution in [0.15, 0.2) is 36.4 Å². The Morgan fingerprint density at radius 2 is 1.56 bits per heavy atom. The molecule has 0 radical (unpaired) electrons. The molecule has 0 bridgehead atoms. The Hall–Kier alpha value is -2.38. The molecule has 7 heteroatoms. The predicted octanol–water partition coefficient (Wildman–Crippen LogP) is 4.20. The maximum absolute atomic E-state index is 13.0. The number of fused-ring (bicyclic) bond motifs is 2. The number of hydrogen-bond donors (Lipinski definition) is 2. The number of carbonyl (C=O) groups excluding carboxylic acids is 1. The molecule has 2 N–H and O–H groups in total. The first-order chi connectivity index (χ1) is 15.4. The normalized spacial score (nSPS) is 16.0. The summed E-state index contributed by atoms with van der Waals surface area (Å²) in [7, 11) is -3.85. The van der Waals surface area contributed by atoms with Crippen molar-refractivity contribution in [3.05, 3.63) is 64.2 Å². The van der Waals surface area contributed by atoms with Gasteiger partial charge < -0.3 is 5.32 Å². The summed E-state index contributed by atoms with van der Waals surface area (Å²) in [6.07, 6.45) is 6.08. The molecule has 172 valence electrons. The molecule has 0 aromatic heterocycles. The number of sulfonamides is 1. The lowest BCUT2D eigenvalue weighted by Gasteiger charge is -2.30. The topological polar surface area (TPSA) is 78.5 Å². The molecule has 0 saturated heterocycles. The van der Waals surface area contributed by atoms with Crippen LogP contribution in [0.3, 0.4) is 0 Å². The Kier molecular flexibility index (Phi) is 6.86. The van der Waals surface area contributed by atoms with Crippen LogP contribution in [-0.4, -0.2) is 38.2 Å². The molecule has 2 aromatic rings. The van der Waals surface area contributed by atoms with Crippen molar-refractivity contribution in [2.45, 2.75) is 58.4 Å². The van der Waals surface area contributed by atoms with Gasteiger partial charge in [-0.05, 0) is 79.4 Å². The first-order valence-electron chi connectivity index (χ1n) is 11.7. The minimum Gasteiger partial charge on any atom is -0.307 e. The van der Waals surface area contributed by atoms with E-state index in [1.807, 2.05) is 44.2 Å². The quantitative estimate of drug-likeness (QED) is 0.625. The Morgan fingerprint density at radius 1 is 0.969 bits per heavy atom. The molecule has 0 heterocycles. The van der Waals surface area contributed by atoms with Crippen LogP contribution in [0.25, 0.3) is 0 Å². The van der Waals surface area contributed by atoms with Crippen LogP contribution < -0.4 is 10.0 Å². The van der Waals surface area contributed by atoms with Crippen molar-refractivity contribution < 1.29 is 13.2 Å². The van der Waals surface area contributed by atoms with Crippen molar-refractivity contribution >= 4 is 21.7 Å². The van der Waals surface area contributed by atoms with E-state index < -0.39 is 16.1 Å². The Balaban J connectivity index is 1.52. The molecular weight excluding hydrogens is 422 g/mol. The highest BCUT2D eigenvalue weighted by molar-refractivity contribution is 7.90. The third-order valence-electron chi connectivity index (χ3n) is 6.77. The SMILES string of the molecule is CCN(CC)C(CS(=O)(=O)NC(=O)Nc1c2c(cc3c1CCC3)CCC2)c1ccccc1. The average molecular weight is 456 g/mol. The van der Waals surface area contributed by atoms with Gasteiger partial charge in [0.1, 0.15) is 0 Å². The van der Waals surface area contributed by atoms with E-state index in [2.05, 4.69) is 21.0 Å². The molecule has 2 amide bonds. The highest BCUT2D eigenvalue weighted by atomic mass is 32.2. The number of rotatable bonds is 8. The first kappa shape index (κ1) is 22.8. The Labute approximate surface area is 191 Å². The Morgan fingerprint density at radius 3 is 2.12 bits per heavy atom. The van der Waals surface area contributed by atoms with Gasteiger partial charge >= 0.3 is 6.03 Å². The average Bonchev–Trinajstić information content (AvgIpc) is 3.43. The zero-order valence-corrected chi connectivity index (χ0v) is 19.8. The molecule has 0 saturated carbocycles. The van der Waals surface area contributed by atoms with E-state index in [0.717, 1.165) is 62.9 Å². The number of hydrogen-bond acceptors (Lipinski definition) is 4. The lowest BCUT2D eigenvalue weighted by molar-refractivity contribution is 0.235. The van der Waals surface area contributed by atoms with Gasteiger partial charge in [0.2, 0.25) is 10.0 Å². The van der Waals surface area contributed by atoms with E-state index in [9.17, 15) is 13.2 Å². The summed E-state index contributed by atoms with van der Waals surface area (Å²) in [6, 6.07) is 10.9. The van der Waals surface area contributed by atoms with Crippen LogP contribution in [0.5, 0.6) is 0 Å². The van der Waals surface area contributed by atoms with Gasteiger partial charge in [-0.3, -0.25) is 4.90 Å². The number of aryl methyl sites for hydroxylation is 2. The van der Waals surface area contributed by atoms with Crippen LogP contribution in [-0.2, 0) is 35.7 Å². The molecule has 0 fully saturated rings. The number of amides is 2. The number of anilines is 1. The maximum atomic E-state index is 13.0. The van der Waals surface area contributed by atoms with Crippen molar-refractivity contribution in [2.75, 3.05) is 24.2 Å². The largest absolute Gasteiger partial charge is 0.332 e. The zero-order chi connectivity index (χ0) is 22.7. The maximum Gasteiger partial charge on any atom is 0.332 e. The number of urea groups is 1. The van der Waals surface area contributed by atoms with Crippen molar-refractivity contribution in [3.63, 3.8) is 0 Å². The number of nitrogens with zero attached hydrogens (tertiary/aromatic N) is 1. The summed E-state index contributed by atoms with van der Waals surface area (Å²) in [5.41, 5.74) is 6.75. The van der Waals surface area contributed by atoms with Gasteiger partial charge in [-0.25, -0.2) is 17.9 Å². The molecule has 1 atom stereocenters. The molecule has 2 aliphatic rings. The fourth-order valence-corrected chi connectivity index (χ4v) is 6.48. The van der Waals surface area contributed by atoms with Gasteiger partial charge in [0.25, 0.3) is 0 Å². The summed E-state index contributed by atoms with van der Waals surface area (Å²) in [5.74, 6) is -0.170. The van der Waals surface area contributed by atoms with Gasteiger partial charge in [0.15, 0.2) is 0 Å². The molecule has 1 unspecified atom stereocenters. The molecule has 0 aliphatic heterocycles. The first-order valence-corrected chi connectivity index (χ1v) is 13.3. The number of carbonyl (C=O) groups is 1. The van der Waals surface area contributed by atoms with Crippen LogP contribution in [0.2, 0.25) is 0 Å². The fourth-order valence-electron chi connectivity index (χ4n) is 5.25. The van der Waals surface area contributed by atoms with Crippen LogP contribution in [0.1, 0.15) is 60.5 Å². The van der Waals surface area contributed by atoms with Crippen molar-refractivity contribution in [2.24, 2.45) is 0 Å². The highest BCUT2D eigenvalue weighted by Gasteiger charge is 2.28. The van der Waals surface area contributed by atoms with Gasteiger partial charge in [-0.15, -0.1) is 0 Å². The smallest absolute Gasteiger partial charge is 0.307 e. The second-order valence-corrected chi connectivity index (χ2v) is 10.5. The fraction of sp³-hybridized carbons (Fsp3) is 0.480. The van der Waals surface area contributed by atoms with E-state index >= 15 is 0 Å². The van der Waals surface area contributed by atoms with Gasteiger partial charge in [-0.2, -0.15) is 0 Å². The lowest BCUT2D eigenvalue weighted by Crippen LogP contribution is -2.41. The number of benzene rings is 2. The third-order valence-corrected chi connectivity index (χ3v) is 8.03. The molecule has 2 aliphatic carbocycles. The minimum atomic E-state index is -3.85. The van der Waals surface area contributed by atoms with Crippen LogP contribution in [0, 0.1) is 0 Å². The second-order valence-electron chi connectivity index (χ2n) is 8.72. The monoisotopic (exact) mass is 455 g/mol. The van der Waals surface area contributed by atoms with Crippen molar-refractivity contribution in [3.8, 4) is 0 Å². The van der Waals surface area contributed by atoms with Crippen LogP contribution >= 0.6 is 0 Å². The Bertz CT molecular complexity index is 1050. The van der Waals surface area contributed by atoms with E-state index in [-0.39, 0.29) is 11.8 Å². The molecule has 0 spiro atoms. The predicted molar refractivity (Wildman–Crippen MR) is 129 cm³/mol. The lowest BCUT2D eigenvalue weighted by atomic mass is 9.99.